The Labute approximate surface area is 206 Å². The first-order valence-electron chi connectivity index (χ1n) is 12.4. The van der Waals surface area contributed by atoms with Crippen molar-refractivity contribution in [1.82, 2.24) is 10.2 Å². The summed E-state index contributed by atoms with van der Waals surface area (Å²) in [6.07, 6.45) is 9.37. The van der Waals surface area contributed by atoms with Crippen LogP contribution in [0.25, 0.3) is 0 Å². The molecule has 2 saturated heterocycles. The van der Waals surface area contributed by atoms with Gasteiger partial charge in [-0.2, -0.15) is 0 Å². The van der Waals surface area contributed by atoms with Crippen LogP contribution in [0, 0.1) is 17.7 Å². The third-order valence-electron chi connectivity index (χ3n) is 7.42. The first-order chi connectivity index (χ1) is 16.0. The lowest BCUT2D eigenvalue weighted by atomic mass is 9.83. The number of halogens is 3. The zero-order valence-corrected chi connectivity index (χ0v) is 20.7. The molecule has 0 bridgehead atoms. The van der Waals surface area contributed by atoms with Crippen LogP contribution in [0.4, 0.5) is 4.39 Å². The zero-order valence-electron chi connectivity index (χ0n) is 19.2. The first-order valence-corrected chi connectivity index (χ1v) is 13.1. The highest BCUT2D eigenvalue weighted by atomic mass is 35.5. The Morgan fingerprint density at radius 2 is 1.67 bits per heavy atom. The normalized spacial score (nSPS) is 25.7. The van der Waals surface area contributed by atoms with Crippen LogP contribution >= 0.6 is 23.2 Å². The van der Waals surface area contributed by atoms with Gasteiger partial charge in [-0.3, -0.25) is 4.79 Å². The van der Waals surface area contributed by atoms with Crippen molar-refractivity contribution >= 4 is 29.1 Å². The van der Waals surface area contributed by atoms with E-state index in [1.165, 1.54) is 31.4 Å². The van der Waals surface area contributed by atoms with Gasteiger partial charge < -0.3 is 19.7 Å². The third-order valence-corrected chi connectivity index (χ3v) is 7.98. The lowest BCUT2D eigenvalue weighted by Gasteiger charge is -2.35. The summed E-state index contributed by atoms with van der Waals surface area (Å²) in [6.45, 7) is 4.49. The van der Waals surface area contributed by atoms with Crippen LogP contribution in [0.1, 0.15) is 57.8 Å². The Morgan fingerprint density at radius 3 is 2.30 bits per heavy atom. The number of hydrogen-bond donors (Lipinski definition) is 1. The van der Waals surface area contributed by atoms with Crippen molar-refractivity contribution < 1.29 is 18.7 Å². The van der Waals surface area contributed by atoms with Crippen LogP contribution in [0.3, 0.4) is 0 Å². The molecule has 8 heteroatoms. The Bertz CT molecular complexity index is 767. The second-order valence-corrected chi connectivity index (χ2v) is 10.6. The van der Waals surface area contributed by atoms with E-state index < -0.39 is 5.82 Å². The molecule has 1 saturated carbocycles. The fourth-order valence-corrected chi connectivity index (χ4v) is 5.85. The van der Waals surface area contributed by atoms with Crippen LogP contribution in [-0.4, -0.2) is 55.8 Å². The van der Waals surface area contributed by atoms with Crippen LogP contribution in [0.5, 0.6) is 5.75 Å². The quantitative estimate of drug-likeness (QED) is 0.539. The second-order valence-electron chi connectivity index (χ2n) is 9.76. The number of piperidine rings is 1. The van der Waals surface area contributed by atoms with E-state index in [2.05, 4.69) is 10.2 Å². The molecule has 2 heterocycles. The number of amides is 1. The molecule has 3 fully saturated rings. The molecule has 1 aliphatic carbocycles. The fourth-order valence-electron chi connectivity index (χ4n) is 5.30. The topological polar surface area (TPSA) is 50.8 Å². The van der Waals surface area contributed by atoms with Crippen LogP contribution in [-0.2, 0) is 9.53 Å². The molecule has 1 aromatic rings. The molecule has 3 aliphatic rings. The number of carbonyl (C=O) groups is 1. The van der Waals surface area contributed by atoms with Gasteiger partial charge in [0.15, 0.2) is 5.75 Å². The average molecular weight is 501 g/mol. The van der Waals surface area contributed by atoms with Crippen LogP contribution < -0.4 is 10.1 Å². The van der Waals surface area contributed by atoms with Gasteiger partial charge in [0.1, 0.15) is 11.9 Å². The Balaban J connectivity index is 1.12. The summed E-state index contributed by atoms with van der Waals surface area (Å²) in [6, 6.07) is 2.82. The third kappa shape index (κ3) is 7.20. The summed E-state index contributed by atoms with van der Waals surface area (Å²) in [5.41, 5.74) is 0. The highest BCUT2D eigenvalue weighted by molar-refractivity contribution is 6.37. The Morgan fingerprint density at radius 1 is 1.03 bits per heavy atom. The highest BCUT2D eigenvalue weighted by Gasteiger charge is 2.28. The first kappa shape index (κ1) is 25.0. The molecule has 1 aromatic carbocycles. The molecule has 2 aliphatic heterocycles. The minimum absolute atomic E-state index is 0.0523. The standard InChI is InChI=1S/C25H35Cl2FN2O3/c26-22-15-19(28)16-23(27)24(22)33-21-6-11-30(12-7-21)10-5-17-1-3-20(4-2-17)29-25(31)18-8-13-32-14-9-18/h15-18,20-21H,1-14H2,(H,29,31)/t17-,20-. The van der Waals surface area contributed by atoms with E-state index in [0.29, 0.717) is 25.0 Å². The van der Waals surface area contributed by atoms with E-state index in [1.807, 2.05) is 0 Å². The number of carbonyl (C=O) groups excluding carboxylic acids is 1. The molecule has 0 spiro atoms. The summed E-state index contributed by atoms with van der Waals surface area (Å²) >= 11 is 12.2. The van der Waals surface area contributed by atoms with Gasteiger partial charge in [0, 0.05) is 38.3 Å². The second kappa shape index (κ2) is 12.1. The molecule has 184 valence electrons. The summed E-state index contributed by atoms with van der Waals surface area (Å²) in [4.78, 5) is 15.0. The van der Waals surface area contributed by atoms with E-state index in [1.54, 1.807) is 0 Å². The molecule has 0 unspecified atom stereocenters. The maximum Gasteiger partial charge on any atom is 0.223 e. The number of likely N-dealkylation sites (tertiary alicyclic amines) is 1. The number of ether oxygens (including phenoxy) is 2. The van der Waals surface area contributed by atoms with Crippen molar-refractivity contribution in [3.8, 4) is 5.75 Å². The van der Waals surface area contributed by atoms with Gasteiger partial charge in [0.05, 0.1) is 10.0 Å². The summed E-state index contributed by atoms with van der Waals surface area (Å²) < 4.78 is 24.7. The predicted octanol–water partition coefficient (Wildman–Crippen LogP) is 5.47. The smallest absolute Gasteiger partial charge is 0.223 e. The SMILES string of the molecule is O=C(N[C@H]1CC[C@H](CCN2CCC(Oc3c(Cl)cc(F)cc3Cl)CC2)CC1)C1CCOCC1. The van der Waals surface area contributed by atoms with Gasteiger partial charge in [-0.1, -0.05) is 23.2 Å². The van der Waals surface area contributed by atoms with E-state index in [4.69, 9.17) is 32.7 Å². The van der Waals surface area contributed by atoms with Crippen molar-refractivity contribution in [2.75, 3.05) is 32.8 Å². The summed E-state index contributed by atoms with van der Waals surface area (Å²) in [7, 11) is 0. The van der Waals surface area contributed by atoms with E-state index >= 15 is 0 Å². The molecule has 5 nitrogen and oxygen atoms in total. The average Bonchev–Trinajstić information content (AvgIpc) is 2.82. The molecule has 0 aromatic heterocycles. The fraction of sp³-hybridized carbons (Fsp3) is 0.720. The molecule has 4 rings (SSSR count). The molecule has 1 N–H and O–H groups in total. The Kier molecular flexibility index (Phi) is 9.14. The predicted molar refractivity (Wildman–Crippen MR) is 129 cm³/mol. The molecule has 1 amide bonds. The summed E-state index contributed by atoms with van der Waals surface area (Å²) in [5, 5.41) is 3.74. The van der Waals surface area contributed by atoms with Gasteiger partial charge in [-0.05, 0) is 82.4 Å². The number of rotatable bonds is 7. The van der Waals surface area contributed by atoms with Gasteiger partial charge in [0.2, 0.25) is 5.91 Å². The molecule has 0 radical (unpaired) electrons. The number of nitrogens with zero attached hydrogens (tertiary/aromatic N) is 1. The minimum Gasteiger partial charge on any atom is -0.487 e. The van der Waals surface area contributed by atoms with E-state index in [9.17, 15) is 9.18 Å². The van der Waals surface area contributed by atoms with Crippen LogP contribution in [0.2, 0.25) is 10.0 Å². The monoisotopic (exact) mass is 500 g/mol. The van der Waals surface area contributed by atoms with Crippen LogP contribution in [0.15, 0.2) is 12.1 Å². The van der Waals surface area contributed by atoms with Crippen molar-refractivity contribution in [2.24, 2.45) is 11.8 Å². The van der Waals surface area contributed by atoms with Gasteiger partial charge in [-0.15, -0.1) is 0 Å². The molecular weight excluding hydrogens is 466 g/mol. The summed E-state index contributed by atoms with van der Waals surface area (Å²) in [5.74, 6) is 1.04. The number of hydrogen-bond acceptors (Lipinski definition) is 4. The minimum atomic E-state index is -0.456. The highest BCUT2D eigenvalue weighted by Crippen LogP contribution is 2.36. The number of nitrogens with one attached hydrogen (secondary N) is 1. The van der Waals surface area contributed by atoms with Crippen molar-refractivity contribution in [2.45, 2.75) is 69.9 Å². The molecular formula is C25H35Cl2FN2O3. The Hall–Kier alpha value is -1.08. The zero-order chi connectivity index (χ0) is 23.2. The van der Waals surface area contributed by atoms with Crippen molar-refractivity contribution in [3.05, 3.63) is 28.0 Å². The molecule has 0 atom stereocenters. The lowest BCUT2D eigenvalue weighted by molar-refractivity contribution is -0.128. The van der Waals surface area contributed by atoms with Gasteiger partial charge in [-0.25, -0.2) is 4.39 Å². The maximum atomic E-state index is 13.4. The van der Waals surface area contributed by atoms with Crippen molar-refractivity contribution in [1.29, 1.82) is 0 Å². The maximum absolute atomic E-state index is 13.4. The molecule has 33 heavy (non-hydrogen) atoms. The van der Waals surface area contributed by atoms with Gasteiger partial charge >= 0.3 is 0 Å². The van der Waals surface area contributed by atoms with Crippen molar-refractivity contribution in [3.63, 3.8) is 0 Å². The number of benzene rings is 1. The van der Waals surface area contributed by atoms with E-state index in [0.717, 1.165) is 64.1 Å². The van der Waals surface area contributed by atoms with Gasteiger partial charge in [0.25, 0.3) is 0 Å². The lowest BCUT2D eigenvalue weighted by Crippen LogP contribution is -2.43. The van der Waals surface area contributed by atoms with E-state index in [-0.39, 0.29) is 28.0 Å². The largest absolute Gasteiger partial charge is 0.487 e.